The number of anilines is 1. The molecule has 31 heavy (non-hydrogen) atoms. The van der Waals surface area contributed by atoms with E-state index in [9.17, 15) is 4.79 Å². The minimum Gasteiger partial charge on any atom is -0.354 e. The predicted molar refractivity (Wildman–Crippen MR) is 125 cm³/mol. The molecule has 0 unspecified atom stereocenters. The number of carbonyl (C=O) groups excluding carboxylic acids is 1. The van der Waals surface area contributed by atoms with E-state index in [4.69, 9.17) is 0 Å². The number of pyridine rings is 1. The molecule has 0 radical (unpaired) electrons. The van der Waals surface area contributed by atoms with Crippen molar-refractivity contribution in [3.8, 4) is 0 Å². The number of aromatic nitrogens is 1. The van der Waals surface area contributed by atoms with Crippen LogP contribution in [0, 0.1) is 5.92 Å². The van der Waals surface area contributed by atoms with Crippen molar-refractivity contribution in [1.82, 2.24) is 20.1 Å². The van der Waals surface area contributed by atoms with Gasteiger partial charge in [0.1, 0.15) is 5.82 Å². The average Bonchev–Trinajstić information content (AvgIpc) is 2.81. The van der Waals surface area contributed by atoms with Gasteiger partial charge in [0.2, 0.25) is 5.91 Å². The van der Waals surface area contributed by atoms with Crippen LogP contribution in [0.2, 0.25) is 0 Å². The summed E-state index contributed by atoms with van der Waals surface area (Å²) in [6.45, 7) is 10.4. The number of hydrogen-bond donors (Lipinski definition) is 1. The SMILES string of the molecule is CC1CCN(Cc2ccc(CNC(=O)CN3CCN(c4ccccn4)CC3)cc2)CC1. The van der Waals surface area contributed by atoms with Crippen molar-refractivity contribution in [1.29, 1.82) is 0 Å². The topological polar surface area (TPSA) is 51.7 Å². The van der Waals surface area contributed by atoms with E-state index in [0.29, 0.717) is 13.1 Å². The van der Waals surface area contributed by atoms with Gasteiger partial charge in [0, 0.05) is 45.5 Å². The number of piperidine rings is 1. The zero-order chi connectivity index (χ0) is 21.5. The predicted octanol–water partition coefficient (Wildman–Crippen LogP) is 2.75. The highest BCUT2D eigenvalue weighted by Gasteiger charge is 2.19. The Balaban J connectivity index is 1.15. The van der Waals surface area contributed by atoms with E-state index in [-0.39, 0.29) is 5.91 Å². The fourth-order valence-electron chi connectivity index (χ4n) is 4.38. The van der Waals surface area contributed by atoms with Crippen LogP contribution >= 0.6 is 0 Å². The molecule has 0 bridgehead atoms. The summed E-state index contributed by atoms with van der Waals surface area (Å²) in [5, 5.41) is 3.08. The second kappa shape index (κ2) is 10.7. The van der Waals surface area contributed by atoms with Gasteiger partial charge in [0.15, 0.2) is 0 Å². The van der Waals surface area contributed by atoms with Crippen LogP contribution in [0.25, 0.3) is 0 Å². The van der Waals surface area contributed by atoms with Gasteiger partial charge in [-0.1, -0.05) is 37.3 Å². The zero-order valence-electron chi connectivity index (χ0n) is 18.7. The number of rotatable bonds is 7. The van der Waals surface area contributed by atoms with E-state index in [1.165, 1.54) is 31.5 Å². The van der Waals surface area contributed by atoms with E-state index in [1.807, 2.05) is 24.4 Å². The summed E-state index contributed by atoms with van der Waals surface area (Å²) in [5.41, 5.74) is 2.51. The fourth-order valence-corrected chi connectivity index (χ4v) is 4.38. The molecule has 2 saturated heterocycles. The van der Waals surface area contributed by atoms with Crippen molar-refractivity contribution in [3.05, 3.63) is 59.8 Å². The van der Waals surface area contributed by atoms with Crippen LogP contribution in [0.3, 0.4) is 0 Å². The number of carbonyl (C=O) groups is 1. The molecule has 0 spiro atoms. The molecular formula is C25H35N5O. The second-order valence-electron chi connectivity index (χ2n) is 9.00. The lowest BCUT2D eigenvalue weighted by atomic mass is 9.99. The number of nitrogens with zero attached hydrogens (tertiary/aromatic N) is 4. The molecule has 166 valence electrons. The van der Waals surface area contributed by atoms with Crippen LogP contribution in [0.1, 0.15) is 30.9 Å². The fraction of sp³-hybridized carbons (Fsp3) is 0.520. The summed E-state index contributed by atoms with van der Waals surface area (Å²) in [4.78, 5) is 23.9. The molecule has 6 heteroatoms. The van der Waals surface area contributed by atoms with Crippen LogP contribution in [0.4, 0.5) is 5.82 Å². The Hall–Kier alpha value is -2.44. The quantitative estimate of drug-likeness (QED) is 0.745. The van der Waals surface area contributed by atoms with Gasteiger partial charge in [-0.3, -0.25) is 14.6 Å². The van der Waals surface area contributed by atoms with Gasteiger partial charge in [-0.15, -0.1) is 0 Å². The first-order chi connectivity index (χ1) is 15.2. The average molecular weight is 422 g/mol. The van der Waals surface area contributed by atoms with Crippen LogP contribution in [0.15, 0.2) is 48.7 Å². The minimum atomic E-state index is 0.0952. The lowest BCUT2D eigenvalue weighted by Crippen LogP contribution is -2.49. The first-order valence-electron chi connectivity index (χ1n) is 11.6. The molecule has 2 fully saturated rings. The van der Waals surface area contributed by atoms with Crippen molar-refractivity contribution in [3.63, 3.8) is 0 Å². The summed E-state index contributed by atoms with van der Waals surface area (Å²) in [6, 6.07) is 14.7. The van der Waals surface area contributed by atoms with Crippen LogP contribution in [0.5, 0.6) is 0 Å². The van der Waals surface area contributed by atoms with E-state index in [2.05, 4.69) is 56.2 Å². The third kappa shape index (κ3) is 6.52. The molecule has 3 heterocycles. The number of nitrogens with one attached hydrogen (secondary N) is 1. The maximum atomic E-state index is 12.4. The summed E-state index contributed by atoms with van der Waals surface area (Å²) >= 11 is 0. The molecule has 1 amide bonds. The Bertz CT molecular complexity index is 810. The van der Waals surface area contributed by atoms with Crippen molar-refractivity contribution in [2.24, 2.45) is 5.92 Å². The first kappa shape index (κ1) is 21.8. The van der Waals surface area contributed by atoms with Gasteiger partial charge in [0.05, 0.1) is 6.54 Å². The molecule has 4 rings (SSSR count). The molecule has 0 atom stereocenters. The Morgan fingerprint density at radius 3 is 2.32 bits per heavy atom. The maximum Gasteiger partial charge on any atom is 0.234 e. The van der Waals surface area contributed by atoms with Gasteiger partial charge in [-0.25, -0.2) is 4.98 Å². The second-order valence-corrected chi connectivity index (χ2v) is 9.00. The summed E-state index contributed by atoms with van der Waals surface area (Å²) in [6.07, 6.45) is 4.44. The van der Waals surface area contributed by atoms with E-state index in [1.54, 1.807) is 0 Å². The Labute approximate surface area is 186 Å². The van der Waals surface area contributed by atoms with Gasteiger partial charge in [-0.2, -0.15) is 0 Å². The molecular weight excluding hydrogens is 386 g/mol. The molecule has 1 aromatic carbocycles. The van der Waals surface area contributed by atoms with Crippen LogP contribution in [-0.2, 0) is 17.9 Å². The Morgan fingerprint density at radius 1 is 0.935 bits per heavy atom. The van der Waals surface area contributed by atoms with E-state index in [0.717, 1.165) is 50.0 Å². The molecule has 0 aliphatic carbocycles. The van der Waals surface area contributed by atoms with E-state index < -0.39 is 0 Å². The van der Waals surface area contributed by atoms with Crippen molar-refractivity contribution in [2.75, 3.05) is 50.7 Å². The van der Waals surface area contributed by atoms with Crippen molar-refractivity contribution >= 4 is 11.7 Å². The summed E-state index contributed by atoms with van der Waals surface area (Å²) < 4.78 is 0. The monoisotopic (exact) mass is 421 g/mol. The van der Waals surface area contributed by atoms with Gasteiger partial charge >= 0.3 is 0 Å². The highest BCUT2D eigenvalue weighted by molar-refractivity contribution is 5.78. The smallest absolute Gasteiger partial charge is 0.234 e. The molecule has 1 aromatic heterocycles. The number of piperazine rings is 1. The molecule has 0 saturated carbocycles. The van der Waals surface area contributed by atoms with Crippen molar-refractivity contribution in [2.45, 2.75) is 32.9 Å². The third-order valence-electron chi connectivity index (χ3n) is 6.51. The number of likely N-dealkylation sites (tertiary alicyclic amines) is 1. The first-order valence-corrected chi connectivity index (χ1v) is 11.6. The van der Waals surface area contributed by atoms with Crippen LogP contribution in [-0.4, -0.2) is 66.5 Å². The zero-order valence-corrected chi connectivity index (χ0v) is 18.7. The third-order valence-corrected chi connectivity index (χ3v) is 6.51. The molecule has 6 nitrogen and oxygen atoms in total. The number of amides is 1. The molecule has 2 aliphatic rings. The lowest BCUT2D eigenvalue weighted by molar-refractivity contribution is -0.122. The lowest BCUT2D eigenvalue weighted by Gasteiger charge is -2.34. The molecule has 2 aromatic rings. The highest BCUT2D eigenvalue weighted by Crippen LogP contribution is 2.18. The summed E-state index contributed by atoms with van der Waals surface area (Å²) in [5.74, 6) is 1.98. The van der Waals surface area contributed by atoms with Gasteiger partial charge in [-0.05, 0) is 55.1 Å². The molecule has 1 N–H and O–H groups in total. The summed E-state index contributed by atoms with van der Waals surface area (Å²) in [7, 11) is 0. The number of hydrogen-bond acceptors (Lipinski definition) is 5. The molecule has 2 aliphatic heterocycles. The van der Waals surface area contributed by atoms with Gasteiger partial charge in [0.25, 0.3) is 0 Å². The maximum absolute atomic E-state index is 12.4. The highest BCUT2D eigenvalue weighted by atomic mass is 16.2. The van der Waals surface area contributed by atoms with Crippen molar-refractivity contribution < 1.29 is 4.79 Å². The number of benzene rings is 1. The van der Waals surface area contributed by atoms with Gasteiger partial charge < -0.3 is 10.2 Å². The Kier molecular flexibility index (Phi) is 7.54. The van der Waals surface area contributed by atoms with Crippen LogP contribution < -0.4 is 10.2 Å². The van der Waals surface area contributed by atoms with E-state index >= 15 is 0 Å². The standard InChI is InChI=1S/C25H35N5O/c1-21-9-12-28(13-10-21)19-23-7-5-22(6-8-23)18-27-25(31)20-29-14-16-30(17-15-29)24-4-2-3-11-26-24/h2-8,11,21H,9-10,12-20H2,1H3,(H,27,31). The Morgan fingerprint density at radius 2 is 1.65 bits per heavy atom. The largest absolute Gasteiger partial charge is 0.354 e. The normalized spacial score (nSPS) is 18.8. The minimum absolute atomic E-state index is 0.0952.